The van der Waals surface area contributed by atoms with Crippen molar-refractivity contribution in [1.82, 2.24) is 4.98 Å². The molecule has 0 saturated carbocycles. The molecule has 94 valence electrons. The number of nitrogens with zero attached hydrogens (tertiary/aromatic N) is 2. The molecule has 0 spiro atoms. The average molecular weight is 253 g/mol. The normalized spacial score (nSPS) is 10.4. The lowest BCUT2D eigenvalue weighted by Gasteiger charge is -1.99. The number of hydrogen-bond donors (Lipinski definition) is 0. The van der Waals surface area contributed by atoms with Crippen molar-refractivity contribution in [2.75, 3.05) is 7.11 Å². The molecule has 0 unspecified atom stereocenters. The summed E-state index contributed by atoms with van der Waals surface area (Å²) in [5, 5.41) is 0. The molecule has 0 bridgehead atoms. The Bertz CT molecular complexity index is 660. The molecule has 4 nitrogen and oxygen atoms in total. The predicted octanol–water partition coefficient (Wildman–Crippen LogP) is 2.63. The van der Waals surface area contributed by atoms with E-state index in [1.165, 1.54) is 0 Å². The molecular formula is C15H13N2O2+. The SMILES string of the molecule is COc1ccc(-c2cnc(-[n+]3ccccc3)o2)cc1. The summed E-state index contributed by atoms with van der Waals surface area (Å²) in [4.78, 5) is 4.27. The van der Waals surface area contributed by atoms with Crippen molar-refractivity contribution < 1.29 is 13.7 Å². The number of rotatable bonds is 3. The molecule has 0 aliphatic rings. The van der Waals surface area contributed by atoms with Gasteiger partial charge in [-0.2, -0.15) is 4.57 Å². The molecule has 3 rings (SSSR count). The standard InChI is InChI=1S/C15H13N2O2/c1-18-13-7-5-12(6-8-13)14-11-16-15(19-14)17-9-3-2-4-10-17/h2-11H,1H3/q+1. The summed E-state index contributed by atoms with van der Waals surface area (Å²) in [5.41, 5.74) is 0.969. The maximum absolute atomic E-state index is 5.74. The summed E-state index contributed by atoms with van der Waals surface area (Å²) in [6, 6.07) is 14.0. The Kier molecular flexibility index (Phi) is 2.98. The van der Waals surface area contributed by atoms with Crippen molar-refractivity contribution in [1.29, 1.82) is 0 Å². The van der Waals surface area contributed by atoms with Gasteiger partial charge in [0.25, 0.3) is 0 Å². The monoisotopic (exact) mass is 253 g/mol. The second-order valence-electron chi connectivity index (χ2n) is 4.02. The van der Waals surface area contributed by atoms with Crippen LogP contribution in [-0.2, 0) is 0 Å². The first-order chi connectivity index (χ1) is 9.36. The van der Waals surface area contributed by atoms with E-state index < -0.39 is 0 Å². The molecule has 0 radical (unpaired) electrons. The van der Waals surface area contributed by atoms with E-state index in [0.717, 1.165) is 17.1 Å². The van der Waals surface area contributed by atoms with Crippen molar-refractivity contribution in [3.63, 3.8) is 0 Å². The number of aromatic nitrogens is 2. The molecular weight excluding hydrogens is 240 g/mol. The third-order valence-corrected chi connectivity index (χ3v) is 2.80. The van der Waals surface area contributed by atoms with Gasteiger partial charge in [-0.25, -0.2) is 0 Å². The summed E-state index contributed by atoms with van der Waals surface area (Å²) in [7, 11) is 1.65. The number of hydrogen-bond acceptors (Lipinski definition) is 3. The van der Waals surface area contributed by atoms with Crippen molar-refractivity contribution >= 4 is 0 Å². The molecule has 0 aliphatic heterocycles. The van der Waals surface area contributed by atoms with Crippen LogP contribution >= 0.6 is 0 Å². The van der Waals surface area contributed by atoms with E-state index in [2.05, 4.69) is 4.98 Å². The van der Waals surface area contributed by atoms with Crippen LogP contribution in [0.5, 0.6) is 5.75 Å². The molecule has 0 amide bonds. The Labute approximate surface area is 110 Å². The highest BCUT2D eigenvalue weighted by Crippen LogP contribution is 2.22. The quantitative estimate of drug-likeness (QED) is 0.673. The summed E-state index contributed by atoms with van der Waals surface area (Å²) in [5.74, 6) is 1.55. The molecule has 0 saturated heterocycles. The minimum Gasteiger partial charge on any atom is -0.497 e. The van der Waals surface area contributed by atoms with Crippen LogP contribution in [0.4, 0.5) is 0 Å². The highest BCUT2D eigenvalue weighted by molar-refractivity contribution is 5.57. The number of oxazole rings is 1. The Hall–Kier alpha value is -2.62. The van der Waals surface area contributed by atoms with Crippen molar-refractivity contribution in [2.45, 2.75) is 0 Å². The molecule has 19 heavy (non-hydrogen) atoms. The van der Waals surface area contributed by atoms with Gasteiger partial charge in [0.1, 0.15) is 5.75 Å². The molecule has 2 aromatic heterocycles. The molecule has 0 aliphatic carbocycles. The summed E-state index contributed by atoms with van der Waals surface area (Å²) in [6.45, 7) is 0. The van der Waals surface area contributed by atoms with Crippen LogP contribution in [0.3, 0.4) is 0 Å². The topological polar surface area (TPSA) is 39.1 Å². The second kappa shape index (κ2) is 4.94. The van der Waals surface area contributed by atoms with E-state index in [0.29, 0.717) is 6.01 Å². The lowest BCUT2D eigenvalue weighted by Crippen LogP contribution is -2.29. The van der Waals surface area contributed by atoms with Crippen LogP contribution < -0.4 is 9.30 Å². The first-order valence-corrected chi connectivity index (χ1v) is 5.94. The molecule has 4 heteroatoms. The van der Waals surface area contributed by atoms with Gasteiger partial charge in [-0.3, -0.25) is 0 Å². The number of methoxy groups -OCH3 is 1. The molecule has 0 fully saturated rings. The Morgan fingerprint density at radius 3 is 2.47 bits per heavy atom. The van der Waals surface area contributed by atoms with Gasteiger partial charge in [-0.05, 0) is 41.4 Å². The minimum atomic E-state index is 0.548. The third kappa shape index (κ3) is 2.33. The smallest absolute Gasteiger partial charge is 0.497 e. The minimum absolute atomic E-state index is 0.548. The maximum Gasteiger partial charge on any atom is 0.508 e. The number of ether oxygens (including phenoxy) is 1. The van der Waals surface area contributed by atoms with Gasteiger partial charge in [0.05, 0.1) is 19.5 Å². The summed E-state index contributed by atoms with van der Waals surface area (Å²) < 4.78 is 12.7. The summed E-state index contributed by atoms with van der Waals surface area (Å²) in [6.07, 6.45) is 5.50. The fourth-order valence-electron chi connectivity index (χ4n) is 1.80. The fourth-order valence-corrected chi connectivity index (χ4v) is 1.80. The molecule has 2 heterocycles. The van der Waals surface area contributed by atoms with E-state index in [4.69, 9.17) is 9.15 Å². The van der Waals surface area contributed by atoms with Crippen molar-refractivity contribution in [3.05, 3.63) is 61.1 Å². The average Bonchev–Trinajstić information content (AvgIpc) is 2.98. The lowest BCUT2D eigenvalue weighted by molar-refractivity contribution is -0.613. The Morgan fingerprint density at radius 1 is 1.05 bits per heavy atom. The Morgan fingerprint density at radius 2 is 1.79 bits per heavy atom. The number of pyridine rings is 1. The van der Waals surface area contributed by atoms with E-state index in [1.54, 1.807) is 13.3 Å². The highest BCUT2D eigenvalue weighted by Gasteiger charge is 2.15. The zero-order valence-corrected chi connectivity index (χ0v) is 10.5. The maximum atomic E-state index is 5.74. The number of benzene rings is 1. The van der Waals surface area contributed by atoms with E-state index in [1.807, 2.05) is 59.4 Å². The lowest BCUT2D eigenvalue weighted by atomic mass is 10.2. The zero-order chi connectivity index (χ0) is 13.1. The molecule has 0 atom stereocenters. The van der Waals surface area contributed by atoms with Crippen LogP contribution in [0.1, 0.15) is 0 Å². The van der Waals surface area contributed by atoms with Gasteiger partial charge in [0.15, 0.2) is 12.0 Å². The van der Waals surface area contributed by atoms with Gasteiger partial charge in [-0.15, -0.1) is 0 Å². The van der Waals surface area contributed by atoms with Crippen LogP contribution in [-0.4, -0.2) is 12.1 Å². The highest BCUT2D eigenvalue weighted by atomic mass is 16.5. The van der Waals surface area contributed by atoms with Crippen molar-refractivity contribution in [3.8, 4) is 23.1 Å². The van der Waals surface area contributed by atoms with Crippen LogP contribution in [0.25, 0.3) is 17.3 Å². The van der Waals surface area contributed by atoms with E-state index in [-0.39, 0.29) is 0 Å². The Balaban J connectivity index is 1.92. The second-order valence-corrected chi connectivity index (χ2v) is 4.02. The molecule has 3 aromatic rings. The molecule has 1 aromatic carbocycles. The fraction of sp³-hybridized carbons (Fsp3) is 0.0667. The van der Waals surface area contributed by atoms with Gasteiger partial charge in [-0.1, -0.05) is 6.07 Å². The van der Waals surface area contributed by atoms with E-state index >= 15 is 0 Å². The first-order valence-electron chi connectivity index (χ1n) is 5.94. The third-order valence-electron chi connectivity index (χ3n) is 2.80. The van der Waals surface area contributed by atoms with Gasteiger partial charge in [0, 0.05) is 5.56 Å². The van der Waals surface area contributed by atoms with Crippen LogP contribution in [0.15, 0.2) is 65.5 Å². The largest absolute Gasteiger partial charge is 0.508 e. The van der Waals surface area contributed by atoms with Gasteiger partial charge < -0.3 is 9.15 Å². The van der Waals surface area contributed by atoms with E-state index in [9.17, 15) is 0 Å². The van der Waals surface area contributed by atoms with Gasteiger partial charge in [0.2, 0.25) is 0 Å². The van der Waals surface area contributed by atoms with Crippen LogP contribution in [0, 0.1) is 0 Å². The molecule has 0 N–H and O–H groups in total. The van der Waals surface area contributed by atoms with Crippen LogP contribution in [0.2, 0.25) is 0 Å². The summed E-state index contributed by atoms with van der Waals surface area (Å²) >= 11 is 0. The van der Waals surface area contributed by atoms with Crippen molar-refractivity contribution in [2.24, 2.45) is 0 Å². The zero-order valence-electron chi connectivity index (χ0n) is 10.5. The first kappa shape index (κ1) is 11.5. The predicted molar refractivity (Wildman–Crippen MR) is 70.0 cm³/mol. The van der Waals surface area contributed by atoms with Gasteiger partial charge >= 0.3 is 6.01 Å².